The molecule has 0 amide bonds. The molecular formula is C19H23N3OS. The molecule has 0 N–H and O–H groups in total. The van der Waals surface area contributed by atoms with Crippen LogP contribution in [-0.2, 0) is 6.54 Å². The molecule has 0 bridgehead atoms. The van der Waals surface area contributed by atoms with Crippen molar-refractivity contribution in [2.24, 2.45) is 0 Å². The van der Waals surface area contributed by atoms with Crippen molar-refractivity contribution in [1.82, 2.24) is 14.9 Å². The number of hydrogen-bond acceptors (Lipinski definition) is 5. The fourth-order valence-electron chi connectivity index (χ4n) is 2.95. The number of benzene rings is 1. The van der Waals surface area contributed by atoms with Crippen LogP contribution in [0.5, 0.6) is 5.75 Å². The highest BCUT2D eigenvalue weighted by molar-refractivity contribution is 7.11. The minimum Gasteiger partial charge on any atom is -0.494 e. The highest BCUT2D eigenvalue weighted by Gasteiger charge is 2.18. The number of aryl methyl sites for hydroxylation is 2. The van der Waals surface area contributed by atoms with Gasteiger partial charge in [0.25, 0.3) is 0 Å². The van der Waals surface area contributed by atoms with Crippen LogP contribution in [0.3, 0.4) is 0 Å². The molecule has 1 unspecified atom stereocenters. The molecule has 0 fully saturated rings. The van der Waals surface area contributed by atoms with Crippen LogP contribution in [0, 0.1) is 13.8 Å². The van der Waals surface area contributed by atoms with Crippen molar-refractivity contribution in [3.63, 3.8) is 0 Å². The molecule has 3 rings (SSSR count). The number of aromatic nitrogens is 2. The van der Waals surface area contributed by atoms with Crippen molar-refractivity contribution in [2.45, 2.75) is 33.4 Å². The van der Waals surface area contributed by atoms with E-state index in [4.69, 9.17) is 9.72 Å². The van der Waals surface area contributed by atoms with E-state index in [1.807, 2.05) is 12.1 Å². The Kier molecular flexibility index (Phi) is 4.83. The number of fused-ring (bicyclic) bond motifs is 1. The average molecular weight is 341 g/mol. The Morgan fingerprint density at radius 1 is 1.17 bits per heavy atom. The Labute approximate surface area is 147 Å². The molecule has 2 heterocycles. The van der Waals surface area contributed by atoms with E-state index < -0.39 is 0 Å². The summed E-state index contributed by atoms with van der Waals surface area (Å²) in [7, 11) is 3.80. The molecular weight excluding hydrogens is 318 g/mol. The van der Waals surface area contributed by atoms with Crippen LogP contribution in [-0.4, -0.2) is 29.0 Å². The van der Waals surface area contributed by atoms with Crippen molar-refractivity contribution in [3.8, 4) is 5.75 Å². The lowest BCUT2D eigenvalue weighted by Crippen LogP contribution is -2.23. The van der Waals surface area contributed by atoms with Crippen LogP contribution in [0.4, 0.5) is 0 Å². The van der Waals surface area contributed by atoms with Crippen LogP contribution in [0.1, 0.15) is 34.2 Å². The minimum absolute atomic E-state index is 0.255. The van der Waals surface area contributed by atoms with E-state index in [0.29, 0.717) is 0 Å². The van der Waals surface area contributed by atoms with Gasteiger partial charge in [0, 0.05) is 16.8 Å². The summed E-state index contributed by atoms with van der Waals surface area (Å²) in [4.78, 5) is 13.1. The van der Waals surface area contributed by atoms with Gasteiger partial charge < -0.3 is 4.74 Å². The number of rotatable bonds is 5. The second-order valence-electron chi connectivity index (χ2n) is 6.10. The maximum atomic E-state index is 5.44. The normalized spacial score (nSPS) is 12.8. The number of nitrogens with zero attached hydrogens (tertiary/aromatic N) is 3. The van der Waals surface area contributed by atoms with E-state index in [9.17, 15) is 0 Å². The Bertz CT molecular complexity index is 859. The van der Waals surface area contributed by atoms with Gasteiger partial charge in [0.05, 0.1) is 29.5 Å². The second-order valence-corrected chi connectivity index (χ2v) is 7.51. The van der Waals surface area contributed by atoms with Crippen molar-refractivity contribution < 1.29 is 4.74 Å². The number of para-hydroxylation sites is 1. The van der Waals surface area contributed by atoms with Gasteiger partial charge in [-0.3, -0.25) is 4.90 Å². The highest BCUT2D eigenvalue weighted by Crippen LogP contribution is 2.28. The maximum Gasteiger partial charge on any atom is 0.145 e. The first-order valence-electron chi connectivity index (χ1n) is 8.06. The number of hydrogen-bond donors (Lipinski definition) is 0. The maximum absolute atomic E-state index is 5.44. The zero-order valence-electron chi connectivity index (χ0n) is 14.8. The van der Waals surface area contributed by atoms with Crippen molar-refractivity contribution in [1.29, 1.82) is 0 Å². The van der Waals surface area contributed by atoms with E-state index in [2.05, 4.69) is 55.9 Å². The first-order chi connectivity index (χ1) is 11.5. The third-order valence-corrected chi connectivity index (χ3v) is 5.27. The highest BCUT2D eigenvalue weighted by atomic mass is 32.1. The third kappa shape index (κ3) is 3.28. The number of ether oxygens (including phenoxy) is 1. The lowest BCUT2D eigenvalue weighted by molar-refractivity contribution is 0.246. The van der Waals surface area contributed by atoms with Crippen molar-refractivity contribution >= 4 is 22.2 Å². The molecule has 1 atom stereocenters. The molecule has 126 valence electrons. The second kappa shape index (κ2) is 6.87. The molecule has 0 saturated carbocycles. The van der Waals surface area contributed by atoms with Crippen LogP contribution in [0.25, 0.3) is 10.9 Å². The van der Waals surface area contributed by atoms with Gasteiger partial charge in [-0.05, 0) is 40.0 Å². The van der Waals surface area contributed by atoms with E-state index >= 15 is 0 Å². The van der Waals surface area contributed by atoms with Crippen LogP contribution in [0.2, 0.25) is 0 Å². The Hall–Kier alpha value is -1.98. The Morgan fingerprint density at radius 2 is 1.96 bits per heavy atom. The minimum atomic E-state index is 0.255. The summed E-state index contributed by atoms with van der Waals surface area (Å²) in [5.41, 5.74) is 3.11. The Balaban J connectivity index is 1.85. The largest absolute Gasteiger partial charge is 0.494 e. The first kappa shape index (κ1) is 16.9. The van der Waals surface area contributed by atoms with Crippen LogP contribution < -0.4 is 4.74 Å². The van der Waals surface area contributed by atoms with Crippen molar-refractivity contribution in [3.05, 3.63) is 51.6 Å². The number of thiazole rings is 1. The zero-order chi connectivity index (χ0) is 17.3. The molecule has 0 aliphatic carbocycles. The summed E-state index contributed by atoms with van der Waals surface area (Å²) in [6.45, 7) is 7.17. The quantitative estimate of drug-likeness (QED) is 0.684. The van der Waals surface area contributed by atoms with Gasteiger partial charge in [-0.1, -0.05) is 18.2 Å². The number of pyridine rings is 1. The lowest BCUT2D eigenvalue weighted by Gasteiger charge is -2.23. The molecule has 5 heteroatoms. The van der Waals surface area contributed by atoms with Gasteiger partial charge >= 0.3 is 0 Å². The molecule has 0 aliphatic rings. The summed E-state index contributed by atoms with van der Waals surface area (Å²) < 4.78 is 5.44. The summed E-state index contributed by atoms with van der Waals surface area (Å²) in [5.74, 6) is 0.816. The van der Waals surface area contributed by atoms with E-state index in [-0.39, 0.29) is 6.04 Å². The molecule has 24 heavy (non-hydrogen) atoms. The molecule has 3 aromatic rings. The standard InChI is InChI=1S/C19H23N3OS/c1-12(18-13(2)24-14(3)20-18)22(4)11-16-10-9-15-7-6-8-17(23-5)19(15)21-16/h6-10,12H,11H2,1-5H3. The zero-order valence-corrected chi connectivity index (χ0v) is 15.6. The summed E-state index contributed by atoms with van der Waals surface area (Å²) in [6, 6.07) is 10.4. The molecule has 0 aliphatic heterocycles. The SMILES string of the molecule is COc1cccc2ccc(CN(C)C(C)c3nc(C)sc3C)nc12. The molecule has 0 spiro atoms. The van der Waals surface area contributed by atoms with Gasteiger partial charge in [-0.2, -0.15) is 0 Å². The van der Waals surface area contributed by atoms with E-state index in [0.717, 1.165) is 33.9 Å². The summed E-state index contributed by atoms with van der Waals surface area (Å²) in [5, 5.41) is 2.22. The van der Waals surface area contributed by atoms with E-state index in [1.54, 1.807) is 18.4 Å². The van der Waals surface area contributed by atoms with Crippen molar-refractivity contribution in [2.75, 3.05) is 14.2 Å². The topological polar surface area (TPSA) is 38.2 Å². The predicted octanol–water partition coefficient (Wildman–Crippen LogP) is 4.51. The van der Waals surface area contributed by atoms with Gasteiger partial charge in [0.15, 0.2) is 0 Å². The molecule has 2 aromatic heterocycles. The fourth-order valence-corrected chi connectivity index (χ4v) is 3.85. The van der Waals surface area contributed by atoms with Gasteiger partial charge in [0.2, 0.25) is 0 Å². The molecule has 1 aromatic carbocycles. The van der Waals surface area contributed by atoms with Gasteiger partial charge in [0.1, 0.15) is 11.3 Å². The molecule has 0 saturated heterocycles. The first-order valence-corrected chi connectivity index (χ1v) is 8.88. The van der Waals surface area contributed by atoms with E-state index in [1.165, 1.54) is 10.6 Å². The molecule has 4 nitrogen and oxygen atoms in total. The van der Waals surface area contributed by atoms with Crippen LogP contribution >= 0.6 is 11.3 Å². The monoisotopic (exact) mass is 341 g/mol. The smallest absolute Gasteiger partial charge is 0.145 e. The van der Waals surface area contributed by atoms with Gasteiger partial charge in [-0.25, -0.2) is 9.97 Å². The number of methoxy groups -OCH3 is 1. The van der Waals surface area contributed by atoms with Gasteiger partial charge in [-0.15, -0.1) is 11.3 Å². The lowest BCUT2D eigenvalue weighted by atomic mass is 10.1. The third-order valence-electron chi connectivity index (χ3n) is 4.37. The summed E-state index contributed by atoms with van der Waals surface area (Å²) >= 11 is 1.76. The fraction of sp³-hybridized carbons (Fsp3) is 0.368. The summed E-state index contributed by atoms with van der Waals surface area (Å²) in [6.07, 6.45) is 0. The average Bonchev–Trinajstić information content (AvgIpc) is 2.91. The Morgan fingerprint density at radius 3 is 2.62 bits per heavy atom. The molecule has 0 radical (unpaired) electrons. The van der Waals surface area contributed by atoms with Crippen LogP contribution in [0.15, 0.2) is 30.3 Å². The predicted molar refractivity (Wildman–Crippen MR) is 99.8 cm³/mol.